The molecule has 0 saturated carbocycles. The van der Waals surface area contributed by atoms with Crippen LogP contribution in [-0.4, -0.2) is 18.9 Å². The van der Waals surface area contributed by atoms with E-state index in [9.17, 15) is 0 Å². The van der Waals surface area contributed by atoms with Crippen molar-refractivity contribution >= 4 is 49.4 Å². The Balaban J connectivity index is 1.15. The molecule has 48 heavy (non-hydrogen) atoms. The Morgan fingerprint density at radius 1 is 0.375 bits per heavy atom. The molecule has 0 bridgehead atoms. The Morgan fingerprint density at radius 3 is 1.54 bits per heavy atom. The molecule has 6 aromatic carbocycles. The number of fused-ring (bicyclic) bond motifs is 8. The zero-order chi connectivity index (χ0) is 31.6. The van der Waals surface area contributed by atoms with Crippen molar-refractivity contribution in [2.75, 3.05) is 0 Å². The summed E-state index contributed by atoms with van der Waals surface area (Å²) in [6.45, 7) is 0. The first-order valence-electron chi connectivity index (χ1n) is 16.3. The van der Waals surface area contributed by atoms with E-state index in [1.165, 1.54) is 27.5 Å². The van der Waals surface area contributed by atoms with Crippen LogP contribution < -0.4 is 0 Å². The average molecular weight is 613 g/mol. The summed E-state index contributed by atoms with van der Waals surface area (Å²) in [5.74, 6) is 0. The number of hydrogen-bond acceptors (Lipinski definition) is 2. The third-order valence-electron chi connectivity index (χ3n) is 9.50. The minimum Gasteiger partial charge on any atom is -0.293 e. The number of para-hydroxylation sites is 4. The molecule has 224 valence electrons. The van der Waals surface area contributed by atoms with Gasteiger partial charge >= 0.3 is 0 Å². The molecule has 4 nitrogen and oxygen atoms in total. The first-order valence-corrected chi connectivity index (χ1v) is 16.3. The molecule has 0 aliphatic heterocycles. The fraction of sp³-hybridized carbons (Fsp3) is 0. The molecule has 4 aromatic heterocycles. The summed E-state index contributed by atoms with van der Waals surface area (Å²) in [5, 5.41) is 3.39. The van der Waals surface area contributed by atoms with Crippen LogP contribution in [0.3, 0.4) is 0 Å². The minimum atomic E-state index is 0.916. The Labute approximate surface area is 276 Å². The number of rotatable bonds is 4. The third-order valence-corrected chi connectivity index (χ3v) is 9.50. The van der Waals surface area contributed by atoms with Crippen molar-refractivity contribution < 1.29 is 0 Å². The first-order chi connectivity index (χ1) is 23.8. The Hall–Kier alpha value is -6.52. The molecule has 0 aliphatic carbocycles. The highest BCUT2D eigenvalue weighted by Crippen LogP contribution is 2.41. The molecule has 0 spiro atoms. The molecule has 10 aromatic rings. The quantitative estimate of drug-likeness (QED) is 0.185. The molecular formula is C44H28N4. The predicted molar refractivity (Wildman–Crippen MR) is 199 cm³/mol. The lowest BCUT2D eigenvalue weighted by atomic mass is 10.0. The van der Waals surface area contributed by atoms with Crippen molar-refractivity contribution in [2.45, 2.75) is 0 Å². The number of benzene rings is 6. The molecule has 4 heteroatoms. The second-order valence-corrected chi connectivity index (χ2v) is 12.3. The largest absolute Gasteiger partial charge is 0.293 e. The van der Waals surface area contributed by atoms with E-state index in [1.54, 1.807) is 0 Å². The molecule has 0 saturated heterocycles. The van der Waals surface area contributed by atoms with Gasteiger partial charge in [0.25, 0.3) is 0 Å². The number of pyridine rings is 2. The summed E-state index contributed by atoms with van der Waals surface area (Å²) in [7, 11) is 0. The maximum atomic E-state index is 5.21. The Bertz CT molecular complexity index is 2810. The molecule has 0 radical (unpaired) electrons. The SMILES string of the molecule is c1ccc(-c2ccc3ccc4ccc(-c5ccc(-c6c7ccccc7n7c8ccccc8n(-c8ccccc8)c67)cc5)nc4c3n2)cc1. The van der Waals surface area contributed by atoms with E-state index < -0.39 is 0 Å². The summed E-state index contributed by atoms with van der Waals surface area (Å²) in [6.07, 6.45) is 0. The van der Waals surface area contributed by atoms with E-state index in [0.717, 1.165) is 61.2 Å². The molecule has 10 rings (SSSR count). The molecule has 0 N–H and O–H groups in total. The van der Waals surface area contributed by atoms with Gasteiger partial charge in [0.15, 0.2) is 0 Å². The van der Waals surface area contributed by atoms with Gasteiger partial charge in [0, 0.05) is 38.5 Å². The van der Waals surface area contributed by atoms with Gasteiger partial charge in [-0.2, -0.15) is 0 Å². The second-order valence-electron chi connectivity index (χ2n) is 12.3. The van der Waals surface area contributed by atoms with Gasteiger partial charge in [-0.25, -0.2) is 9.97 Å². The summed E-state index contributed by atoms with van der Waals surface area (Å²) in [6, 6.07) is 60.0. The van der Waals surface area contributed by atoms with Crippen LogP contribution in [0.4, 0.5) is 0 Å². The van der Waals surface area contributed by atoms with Gasteiger partial charge in [-0.15, -0.1) is 0 Å². The van der Waals surface area contributed by atoms with Crippen molar-refractivity contribution in [3.63, 3.8) is 0 Å². The predicted octanol–water partition coefficient (Wildman–Crippen LogP) is 11.1. The lowest BCUT2D eigenvalue weighted by Crippen LogP contribution is -1.95. The average Bonchev–Trinajstić information content (AvgIpc) is 3.68. The smallest absolute Gasteiger partial charge is 0.131 e. The number of imidazole rings is 1. The standard InChI is InChI=1S/C44H28N4/c1-3-11-29(12-4-1)36-27-25-32-23-24-33-26-28-37(46-43(33)42(32)45-36)30-19-21-31(22-20-30)41-35-15-7-8-16-38(35)48-40-18-10-9-17-39(40)47(44(41)48)34-13-5-2-6-14-34/h1-28H. The summed E-state index contributed by atoms with van der Waals surface area (Å²) in [4.78, 5) is 10.3. The first kappa shape index (κ1) is 26.7. The van der Waals surface area contributed by atoms with Gasteiger partial charge in [0.05, 0.1) is 39.0 Å². The maximum Gasteiger partial charge on any atom is 0.131 e. The van der Waals surface area contributed by atoms with Crippen molar-refractivity contribution in [1.82, 2.24) is 18.9 Å². The molecule has 0 unspecified atom stereocenters. The van der Waals surface area contributed by atoms with Crippen LogP contribution in [-0.2, 0) is 0 Å². The van der Waals surface area contributed by atoms with Crippen LogP contribution in [0.2, 0.25) is 0 Å². The fourth-order valence-corrected chi connectivity index (χ4v) is 7.27. The van der Waals surface area contributed by atoms with Gasteiger partial charge in [-0.3, -0.25) is 8.97 Å². The third kappa shape index (κ3) is 4.03. The number of hydrogen-bond donors (Lipinski definition) is 0. The molecule has 4 heterocycles. The van der Waals surface area contributed by atoms with Crippen LogP contribution in [0.25, 0.3) is 88.7 Å². The van der Waals surface area contributed by atoms with E-state index in [-0.39, 0.29) is 0 Å². The van der Waals surface area contributed by atoms with E-state index in [4.69, 9.17) is 9.97 Å². The minimum absolute atomic E-state index is 0.916. The Kier molecular flexibility index (Phi) is 5.84. The normalized spacial score (nSPS) is 11.8. The lowest BCUT2D eigenvalue weighted by molar-refractivity contribution is 1.15. The van der Waals surface area contributed by atoms with Crippen LogP contribution in [0, 0.1) is 0 Å². The summed E-state index contributed by atoms with van der Waals surface area (Å²) >= 11 is 0. The van der Waals surface area contributed by atoms with Crippen LogP contribution in [0.15, 0.2) is 170 Å². The molecule has 0 aliphatic rings. The molecule has 0 amide bonds. The topological polar surface area (TPSA) is 35.1 Å². The highest BCUT2D eigenvalue weighted by molar-refractivity contribution is 6.09. The fourth-order valence-electron chi connectivity index (χ4n) is 7.27. The second kappa shape index (κ2) is 10.5. The summed E-state index contributed by atoms with van der Waals surface area (Å²) < 4.78 is 4.80. The van der Waals surface area contributed by atoms with Gasteiger partial charge in [-0.1, -0.05) is 127 Å². The van der Waals surface area contributed by atoms with E-state index in [1.807, 2.05) is 18.2 Å². The van der Waals surface area contributed by atoms with Crippen LogP contribution in [0.5, 0.6) is 0 Å². The monoisotopic (exact) mass is 612 g/mol. The number of nitrogens with zero attached hydrogens (tertiary/aromatic N) is 4. The zero-order valence-corrected chi connectivity index (χ0v) is 26.0. The Morgan fingerprint density at radius 2 is 0.875 bits per heavy atom. The zero-order valence-electron chi connectivity index (χ0n) is 26.0. The van der Waals surface area contributed by atoms with Crippen LogP contribution in [0.1, 0.15) is 0 Å². The van der Waals surface area contributed by atoms with E-state index >= 15 is 0 Å². The number of aromatic nitrogens is 4. The van der Waals surface area contributed by atoms with Crippen LogP contribution >= 0.6 is 0 Å². The maximum absolute atomic E-state index is 5.21. The molecule has 0 atom stereocenters. The van der Waals surface area contributed by atoms with E-state index in [0.29, 0.717) is 0 Å². The van der Waals surface area contributed by atoms with Crippen molar-refractivity contribution in [3.8, 4) is 39.3 Å². The molecular weight excluding hydrogens is 585 g/mol. The highest BCUT2D eigenvalue weighted by atomic mass is 15.1. The van der Waals surface area contributed by atoms with Gasteiger partial charge in [-0.05, 0) is 48.0 Å². The van der Waals surface area contributed by atoms with Crippen molar-refractivity contribution in [1.29, 1.82) is 0 Å². The highest BCUT2D eigenvalue weighted by Gasteiger charge is 2.22. The van der Waals surface area contributed by atoms with Gasteiger partial charge in [0.1, 0.15) is 5.65 Å². The van der Waals surface area contributed by atoms with E-state index in [2.05, 4.69) is 161 Å². The lowest BCUT2D eigenvalue weighted by Gasteiger charge is -2.10. The van der Waals surface area contributed by atoms with Crippen molar-refractivity contribution in [3.05, 3.63) is 170 Å². The van der Waals surface area contributed by atoms with Crippen molar-refractivity contribution in [2.24, 2.45) is 0 Å². The van der Waals surface area contributed by atoms with Gasteiger partial charge in [0.2, 0.25) is 0 Å². The van der Waals surface area contributed by atoms with Gasteiger partial charge < -0.3 is 0 Å². The summed E-state index contributed by atoms with van der Waals surface area (Å²) in [5.41, 5.74) is 14.1. The molecule has 0 fully saturated rings.